The number of hydrogen-bond donors (Lipinski definition) is 3. The van der Waals surface area contributed by atoms with Gasteiger partial charge >= 0.3 is 5.97 Å². The average Bonchev–Trinajstić information content (AvgIpc) is 2.89. The number of phenols is 1. The Hall–Kier alpha value is -3.24. The highest BCUT2D eigenvalue weighted by molar-refractivity contribution is 7.89. The average molecular weight is 538 g/mol. The predicted molar refractivity (Wildman–Crippen MR) is 147 cm³/mol. The van der Waals surface area contributed by atoms with Crippen LogP contribution < -0.4 is 5.32 Å². The number of benzene rings is 3. The summed E-state index contributed by atoms with van der Waals surface area (Å²) in [6.07, 6.45) is 0. The van der Waals surface area contributed by atoms with Gasteiger partial charge in [-0.2, -0.15) is 0 Å². The summed E-state index contributed by atoms with van der Waals surface area (Å²) in [7, 11) is -0.530. The molecule has 3 aromatic carbocycles. The van der Waals surface area contributed by atoms with Crippen molar-refractivity contribution in [3.8, 4) is 5.75 Å². The zero-order chi connectivity index (χ0) is 27.7. The minimum atomic E-state index is -3.55. The summed E-state index contributed by atoms with van der Waals surface area (Å²) in [6, 6.07) is 21.1. The number of sulfonamides is 1. The largest absolute Gasteiger partial charge is 0.508 e. The highest BCUT2D eigenvalue weighted by Crippen LogP contribution is 2.35. The summed E-state index contributed by atoms with van der Waals surface area (Å²) in [5.41, 5.74) is 2.79. The van der Waals surface area contributed by atoms with E-state index in [4.69, 9.17) is 0 Å². The third kappa shape index (κ3) is 5.61. The molecule has 0 aromatic heterocycles. The number of carboxylic acids is 1. The molecule has 1 unspecified atom stereocenters. The molecule has 1 fully saturated rings. The van der Waals surface area contributed by atoms with Crippen molar-refractivity contribution in [1.29, 1.82) is 0 Å². The van der Waals surface area contributed by atoms with E-state index in [1.54, 1.807) is 36.4 Å². The van der Waals surface area contributed by atoms with Gasteiger partial charge in [0.1, 0.15) is 5.75 Å². The molecule has 8 nitrogen and oxygen atoms in total. The van der Waals surface area contributed by atoms with Crippen LogP contribution in [0, 0.1) is 0 Å². The molecule has 38 heavy (non-hydrogen) atoms. The maximum absolute atomic E-state index is 12.6. The van der Waals surface area contributed by atoms with Gasteiger partial charge in [-0.1, -0.05) is 36.4 Å². The molecule has 9 heteroatoms. The minimum Gasteiger partial charge on any atom is -0.508 e. The van der Waals surface area contributed by atoms with E-state index in [0.717, 1.165) is 29.8 Å². The van der Waals surface area contributed by atoms with Gasteiger partial charge in [-0.15, -0.1) is 0 Å². The van der Waals surface area contributed by atoms with Crippen LogP contribution in [0.2, 0.25) is 0 Å². The van der Waals surface area contributed by atoms with Gasteiger partial charge in [0.15, 0.2) is 0 Å². The first-order valence-electron chi connectivity index (χ1n) is 12.5. The second-order valence-electron chi connectivity index (χ2n) is 10.4. The van der Waals surface area contributed by atoms with E-state index < -0.39 is 16.0 Å². The molecule has 202 valence electrons. The Balaban J connectivity index is 1.68. The van der Waals surface area contributed by atoms with Crippen molar-refractivity contribution in [3.05, 3.63) is 95.1 Å². The highest BCUT2D eigenvalue weighted by Gasteiger charge is 2.36. The molecule has 2 atom stereocenters. The molecular weight excluding hydrogens is 502 g/mol. The van der Waals surface area contributed by atoms with Crippen molar-refractivity contribution >= 4 is 16.0 Å². The Morgan fingerprint density at radius 3 is 2.26 bits per heavy atom. The Labute approximate surface area is 224 Å². The molecule has 3 N–H and O–H groups in total. The van der Waals surface area contributed by atoms with Gasteiger partial charge in [0.25, 0.3) is 0 Å². The maximum atomic E-state index is 12.6. The van der Waals surface area contributed by atoms with Crippen molar-refractivity contribution < 1.29 is 23.4 Å². The Kier molecular flexibility index (Phi) is 7.94. The quantitative estimate of drug-likeness (QED) is 0.402. The van der Waals surface area contributed by atoms with Gasteiger partial charge in [0, 0.05) is 51.2 Å². The summed E-state index contributed by atoms with van der Waals surface area (Å²) >= 11 is 0. The van der Waals surface area contributed by atoms with E-state index in [1.165, 1.54) is 18.4 Å². The standard InChI is InChI=1S/C29H35N3O5S/c1-29(2,23-12-8-21(9-13-23)28(34)35)32-17-16-30-26(19-32)27(22-6-5-7-24(33)18-22)20-10-14-25(15-11-20)38(36,37)31(3)4/h5-15,18,26-27,30,33H,16-17,19H2,1-4H3,(H,34,35)/t26?,27-/m1/s1. The number of nitrogens with zero attached hydrogens (tertiary/aromatic N) is 2. The lowest BCUT2D eigenvalue weighted by Crippen LogP contribution is -2.58. The lowest BCUT2D eigenvalue weighted by molar-refractivity contribution is 0.0695. The van der Waals surface area contributed by atoms with E-state index in [-0.39, 0.29) is 33.7 Å². The lowest BCUT2D eigenvalue weighted by Gasteiger charge is -2.46. The number of piperazine rings is 1. The van der Waals surface area contributed by atoms with Crippen LogP contribution in [0.25, 0.3) is 0 Å². The number of carbonyl (C=O) groups is 1. The van der Waals surface area contributed by atoms with Gasteiger partial charge in [-0.3, -0.25) is 4.90 Å². The Morgan fingerprint density at radius 2 is 1.68 bits per heavy atom. The Morgan fingerprint density at radius 1 is 1.03 bits per heavy atom. The van der Waals surface area contributed by atoms with Crippen LogP contribution in [0.3, 0.4) is 0 Å². The Bertz CT molecular complexity index is 1390. The van der Waals surface area contributed by atoms with Crippen LogP contribution in [0.5, 0.6) is 5.75 Å². The topological polar surface area (TPSA) is 110 Å². The second-order valence-corrected chi connectivity index (χ2v) is 12.5. The normalized spacial score (nSPS) is 17.9. The number of aromatic hydroxyl groups is 1. The van der Waals surface area contributed by atoms with Crippen LogP contribution >= 0.6 is 0 Å². The first-order chi connectivity index (χ1) is 17.9. The van der Waals surface area contributed by atoms with E-state index >= 15 is 0 Å². The molecular formula is C29H35N3O5S. The molecule has 0 spiro atoms. The molecule has 1 aliphatic heterocycles. The van der Waals surface area contributed by atoms with Gasteiger partial charge in [0.05, 0.1) is 10.5 Å². The number of aromatic carboxylic acids is 1. The summed E-state index contributed by atoms with van der Waals surface area (Å²) in [5, 5.41) is 23.2. The smallest absolute Gasteiger partial charge is 0.335 e. The van der Waals surface area contributed by atoms with Crippen molar-refractivity contribution in [3.63, 3.8) is 0 Å². The maximum Gasteiger partial charge on any atom is 0.335 e. The monoisotopic (exact) mass is 537 g/mol. The van der Waals surface area contributed by atoms with Crippen LogP contribution in [0.15, 0.2) is 77.7 Å². The second kappa shape index (κ2) is 10.9. The molecule has 0 amide bonds. The molecule has 0 radical (unpaired) electrons. The third-order valence-electron chi connectivity index (χ3n) is 7.48. The zero-order valence-electron chi connectivity index (χ0n) is 22.1. The van der Waals surface area contributed by atoms with Gasteiger partial charge in [0.2, 0.25) is 10.0 Å². The summed E-state index contributed by atoms with van der Waals surface area (Å²) < 4.78 is 26.4. The minimum absolute atomic E-state index is 0.0283. The number of phenolic OH excluding ortho intramolecular Hbond substituents is 1. The first kappa shape index (κ1) is 27.8. The van der Waals surface area contributed by atoms with Crippen molar-refractivity contribution in [2.24, 2.45) is 0 Å². The van der Waals surface area contributed by atoms with E-state index in [0.29, 0.717) is 6.54 Å². The van der Waals surface area contributed by atoms with Gasteiger partial charge in [-0.25, -0.2) is 17.5 Å². The molecule has 1 saturated heterocycles. The fourth-order valence-corrected chi connectivity index (χ4v) is 6.05. The summed E-state index contributed by atoms with van der Waals surface area (Å²) in [4.78, 5) is 13.9. The summed E-state index contributed by atoms with van der Waals surface area (Å²) in [6.45, 7) is 6.50. The number of hydrogen-bond acceptors (Lipinski definition) is 6. The van der Waals surface area contributed by atoms with E-state index in [1.807, 2.05) is 36.4 Å². The summed E-state index contributed by atoms with van der Waals surface area (Å²) in [5.74, 6) is -0.924. The zero-order valence-corrected chi connectivity index (χ0v) is 22.9. The lowest BCUT2D eigenvalue weighted by atomic mass is 9.82. The first-order valence-corrected chi connectivity index (χ1v) is 14.0. The number of carboxylic acid groups (broad SMARTS) is 1. The molecule has 0 aliphatic carbocycles. The third-order valence-corrected chi connectivity index (χ3v) is 9.31. The van der Waals surface area contributed by atoms with Gasteiger partial charge < -0.3 is 15.5 Å². The molecule has 3 aromatic rings. The number of nitrogens with one attached hydrogen (secondary N) is 1. The fraction of sp³-hybridized carbons (Fsp3) is 0.345. The van der Waals surface area contributed by atoms with E-state index in [2.05, 4.69) is 24.1 Å². The van der Waals surface area contributed by atoms with E-state index in [9.17, 15) is 23.4 Å². The van der Waals surface area contributed by atoms with Crippen LogP contribution in [-0.4, -0.2) is 73.6 Å². The van der Waals surface area contributed by atoms with Crippen molar-refractivity contribution in [2.45, 2.75) is 36.2 Å². The SMILES string of the molecule is CN(C)S(=O)(=O)c1ccc([C@H](c2cccc(O)c2)C2CN(C(C)(C)c3ccc(C(=O)O)cc3)CCN2)cc1. The predicted octanol–water partition coefficient (Wildman–Crippen LogP) is 3.68. The highest BCUT2D eigenvalue weighted by atomic mass is 32.2. The molecule has 1 heterocycles. The van der Waals surface area contributed by atoms with Crippen LogP contribution in [0.1, 0.15) is 46.8 Å². The fourth-order valence-electron chi connectivity index (χ4n) is 5.15. The van der Waals surface area contributed by atoms with Crippen LogP contribution in [0.4, 0.5) is 0 Å². The number of rotatable bonds is 8. The van der Waals surface area contributed by atoms with Crippen molar-refractivity contribution in [2.75, 3.05) is 33.7 Å². The molecule has 4 rings (SSSR count). The van der Waals surface area contributed by atoms with Crippen molar-refractivity contribution in [1.82, 2.24) is 14.5 Å². The molecule has 1 aliphatic rings. The van der Waals surface area contributed by atoms with Gasteiger partial charge in [-0.05, 0) is 66.9 Å². The van der Waals surface area contributed by atoms with Crippen LogP contribution in [-0.2, 0) is 15.6 Å². The molecule has 0 saturated carbocycles. The molecule has 0 bridgehead atoms.